The molecule has 0 atom stereocenters. The minimum absolute atomic E-state index is 0.0957. The molecule has 0 radical (unpaired) electrons. The molecule has 1 fully saturated rings. The SMILES string of the molecule is CCC1CC(C(=O)Nc2c[nH]c3ccc(CCCc4ccc(C(F)(F)F)cc4)cc23)C1. The third-order valence-corrected chi connectivity index (χ3v) is 6.40. The molecule has 1 aliphatic carbocycles. The highest BCUT2D eigenvalue weighted by atomic mass is 19.4. The summed E-state index contributed by atoms with van der Waals surface area (Å²) >= 11 is 0. The zero-order valence-electron chi connectivity index (χ0n) is 17.6. The van der Waals surface area contributed by atoms with Gasteiger partial charge in [-0.2, -0.15) is 13.2 Å². The molecule has 31 heavy (non-hydrogen) atoms. The molecule has 0 aliphatic heterocycles. The second kappa shape index (κ2) is 8.77. The highest BCUT2D eigenvalue weighted by Gasteiger charge is 2.33. The molecule has 0 saturated heterocycles. The lowest BCUT2D eigenvalue weighted by molar-refractivity contribution is -0.137. The fourth-order valence-corrected chi connectivity index (χ4v) is 4.30. The van der Waals surface area contributed by atoms with Gasteiger partial charge in [-0.3, -0.25) is 4.79 Å². The highest BCUT2D eigenvalue weighted by Crippen LogP contribution is 2.37. The summed E-state index contributed by atoms with van der Waals surface area (Å²) in [6.07, 6.45) is 2.98. The Balaban J connectivity index is 1.35. The second-order valence-electron chi connectivity index (χ2n) is 8.56. The van der Waals surface area contributed by atoms with Crippen molar-refractivity contribution >= 4 is 22.5 Å². The van der Waals surface area contributed by atoms with E-state index in [-0.39, 0.29) is 11.8 Å². The summed E-state index contributed by atoms with van der Waals surface area (Å²) in [5.74, 6) is 0.884. The first-order chi connectivity index (χ1) is 14.8. The Hall–Kier alpha value is -2.76. The predicted octanol–water partition coefficient (Wildman–Crippen LogP) is 6.74. The quantitative estimate of drug-likeness (QED) is 0.430. The Morgan fingerprint density at radius 3 is 2.42 bits per heavy atom. The monoisotopic (exact) mass is 428 g/mol. The first kappa shape index (κ1) is 21.5. The standard InChI is InChI=1S/C25H27F3N2O/c1-2-16-12-19(13-16)24(31)30-23-15-29-22-11-8-18(14-21(22)23)5-3-4-17-6-9-20(10-7-17)25(26,27)28/h6-11,14-16,19,29H,2-5,12-13H2,1H3,(H,30,31). The average Bonchev–Trinajstić information content (AvgIpc) is 3.09. The Bertz CT molecular complexity index is 1050. The molecule has 2 aromatic carbocycles. The summed E-state index contributed by atoms with van der Waals surface area (Å²) in [5.41, 5.74) is 3.21. The number of aromatic amines is 1. The molecule has 0 spiro atoms. The van der Waals surface area contributed by atoms with Crippen molar-refractivity contribution in [3.63, 3.8) is 0 Å². The highest BCUT2D eigenvalue weighted by molar-refractivity contribution is 6.02. The maximum absolute atomic E-state index is 12.7. The van der Waals surface area contributed by atoms with Gasteiger partial charge in [-0.05, 0) is 73.4 Å². The zero-order valence-corrected chi connectivity index (χ0v) is 17.6. The number of aromatic nitrogens is 1. The van der Waals surface area contributed by atoms with Crippen LogP contribution in [0.5, 0.6) is 0 Å². The molecule has 4 rings (SSSR count). The predicted molar refractivity (Wildman–Crippen MR) is 117 cm³/mol. The summed E-state index contributed by atoms with van der Waals surface area (Å²) in [5, 5.41) is 4.07. The number of halogens is 3. The number of fused-ring (bicyclic) bond motifs is 1. The molecule has 1 saturated carbocycles. The topological polar surface area (TPSA) is 44.9 Å². The van der Waals surface area contributed by atoms with Gasteiger partial charge in [-0.15, -0.1) is 0 Å². The lowest BCUT2D eigenvalue weighted by atomic mass is 9.73. The molecule has 2 N–H and O–H groups in total. The largest absolute Gasteiger partial charge is 0.416 e. The van der Waals surface area contributed by atoms with Crippen LogP contribution in [0.3, 0.4) is 0 Å². The molecule has 1 aromatic heterocycles. The van der Waals surface area contributed by atoms with Crippen molar-refractivity contribution in [3.8, 4) is 0 Å². The van der Waals surface area contributed by atoms with E-state index in [0.29, 0.717) is 12.3 Å². The summed E-state index contributed by atoms with van der Waals surface area (Å²) in [6, 6.07) is 11.5. The van der Waals surface area contributed by atoms with Gasteiger partial charge in [-0.1, -0.05) is 31.5 Å². The van der Waals surface area contributed by atoms with E-state index in [1.165, 1.54) is 0 Å². The number of aryl methyl sites for hydroxylation is 2. The first-order valence-corrected chi connectivity index (χ1v) is 10.9. The third-order valence-electron chi connectivity index (χ3n) is 6.40. The van der Waals surface area contributed by atoms with Crippen molar-refractivity contribution in [1.82, 2.24) is 4.98 Å². The maximum Gasteiger partial charge on any atom is 0.416 e. The van der Waals surface area contributed by atoms with Crippen molar-refractivity contribution in [1.29, 1.82) is 0 Å². The van der Waals surface area contributed by atoms with Gasteiger partial charge < -0.3 is 10.3 Å². The maximum atomic E-state index is 12.7. The Labute approximate surface area is 180 Å². The minimum atomic E-state index is -4.30. The van der Waals surface area contributed by atoms with Crippen molar-refractivity contribution in [2.45, 2.75) is 51.6 Å². The molecule has 164 valence electrons. The molecular formula is C25H27F3N2O. The van der Waals surface area contributed by atoms with Crippen LogP contribution < -0.4 is 5.32 Å². The van der Waals surface area contributed by atoms with Gasteiger partial charge in [0.1, 0.15) is 0 Å². The van der Waals surface area contributed by atoms with Crippen LogP contribution >= 0.6 is 0 Å². The van der Waals surface area contributed by atoms with Gasteiger partial charge in [0.05, 0.1) is 11.3 Å². The van der Waals surface area contributed by atoms with Gasteiger partial charge in [0.15, 0.2) is 0 Å². The van der Waals surface area contributed by atoms with Crippen LogP contribution in [-0.4, -0.2) is 10.9 Å². The van der Waals surface area contributed by atoms with Gasteiger partial charge >= 0.3 is 6.18 Å². The number of amides is 1. The number of carbonyl (C=O) groups is 1. The van der Waals surface area contributed by atoms with Crippen molar-refractivity contribution in [3.05, 3.63) is 65.4 Å². The zero-order chi connectivity index (χ0) is 22.0. The fourth-order valence-electron chi connectivity index (χ4n) is 4.30. The number of anilines is 1. The van der Waals surface area contributed by atoms with E-state index in [2.05, 4.69) is 29.4 Å². The van der Waals surface area contributed by atoms with Crippen LogP contribution in [0.4, 0.5) is 18.9 Å². The van der Waals surface area contributed by atoms with Gasteiger partial charge in [0.25, 0.3) is 0 Å². The van der Waals surface area contributed by atoms with Crippen molar-refractivity contribution in [2.24, 2.45) is 11.8 Å². The smallest absolute Gasteiger partial charge is 0.359 e. The van der Waals surface area contributed by atoms with Gasteiger partial charge in [0, 0.05) is 23.0 Å². The summed E-state index contributed by atoms with van der Waals surface area (Å²) in [7, 11) is 0. The Morgan fingerprint density at radius 2 is 1.74 bits per heavy atom. The number of H-pyrrole nitrogens is 1. The van der Waals surface area contributed by atoms with Crippen LogP contribution in [0.25, 0.3) is 10.9 Å². The number of rotatable bonds is 7. The Kier molecular flexibility index (Phi) is 6.08. The molecular weight excluding hydrogens is 401 g/mol. The van der Waals surface area contributed by atoms with E-state index in [1.807, 2.05) is 12.3 Å². The van der Waals surface area contributed by atoms with E-state index in [4.69, 9.17) is 0 Å². The molecule has 1 amide bonds. The normalized spacial score (nSPS) is 18.7. The van der Waals surface area contributed by atoms with E-state index in [1.54, 1.807) is 12.1 Å². The van der Waals surface area contributed by atoms with E-state index in [0.717, 1.165) is 72.0 Å². The summed E-state index contributed by atoms with van der Waals surface area (Å²) in [4.78, 5) is 15.7. The van der Waals surface area contributed by atoms with Gasteiger partial charge in [-0.25, -0.2) is 0 Å². The van der Waals surface area contributed by atoms with Crippen molar-refractivity contribution in [2.75, 3.05) is 5.32 Å². The number of alkyl halides is 3. The molecule has 1 heterocycles. The lowest BCUT2D eigenvalue weighted by Gasteiger charge is -2.33. The fraction of sp³-hybridized carbons (Fsp3) is 0.400. The minimum Gasteiger partial charge on any atom is -0.359 e. The van der Waals surface area contributed by atoms with Crippen LogP contribution in [0.2, 0.25) is 0 Å². The van der Waals surface area contributed by atoms with E-state index in [9.17, 15) is 18.0 Å². The summed E-state index contributed by atoms with van der Waals surface area (Å²) in [6.45, 7) is 2.16. The third kappa shape index (κ3) is 4.94. The number of hydrogen-bond donors (Lipinski definition) is 2. The number of carbonyl (C=O) groups excluding carboxylic acids is 1. The Morgan fingerprint density at radius 1 is 1.06 bits per heavy atom. The van der Waals surface area contributed by atoms with E-state index < -0.39 is 11.7 Å². The van der Waals surface area contributed by atoms with Gasteiger partial charge in [0.2, 0.25) is 5.91 Å². The van der Waals surface area contributed by atoms with E-state index >= 15 is 0 Å². The molecule has 1 aliphatic rings. The number of nitrogens with one attached hydrogen (secondary N) is 2. The molecule has 3 aromatic rings. The second-order valence-corrected chi connectivity index (χ2v) is 8.56. The van der Waals surface area contributed by atoms with Crippen LogP contribution in [0.15, 0.2) is 48.7 Å². The number of benzene rings is 2. The number of hydrogen-bond acceptors (Lipinski definition) is 1. The van der Waals surface area contributed by atoms with Crippen LogP contribution in [-0.2, 0) is 23.8 Å². The van der Waals surface area contributed by atoms with Crippen molar-refractivity contribution < 1.29 is 18.0 Å². The first-order valence-electron chi connectivity index (χ1n) is 10.9. The van der Waals surface area contributed by atoms with Crippen LogP contribution in [0.1, 0.15) is 49.3 Å². The molecule has 0 unspecified atom stereocenters. The average molecular weight is 428 g/mol. The molecule has 6 heteroatoms. The lowest BCUT2D eigenvalue weighted by Crippen LogP contribution is -2.34. The van der Waals surface area contributed by atoms with Crippen LogP contribution in [0, 0.1) is 11.8 Å². The molecule has 0 bridgehead atoms. The summed E-state index contributed by atoms with van der Waals surface area (Å²) < 4.78 is 38.0. The molecule has 3 nitrogen and oxygen atoms in total.